The van der Waals surface area contributed by atoms with E-state index in [9.17, 15) is 19.0 Å². The zero-order chi connectivity index (χ0) is 19.4. The molecule has 1 aliphatic rings. The maximum Gasteiger partial charge on any atom is 0.259 e. The van der Waals surface area contributed by atoms with Gasteiger partial charge in [0.05, 0.1) is 6.04 Å². The molecule has 1 fully saturated rings. The predicted molar refractivity (Wildman–Crippen MR) is 112 cm³/mol. The second kappa shape index (κ2) is 9.48. The maximum atomic E-state index is 13.1. The first-order valence-corrected chi connectivity index (χ1v) is 10.6. The molecule has 3 rings (SSSR count). The third-order valence-electron chi connectivity index (χ3n) is 4.90. The molecular formula is C20H24ClN2O4P. The number of nitrogens with two attached hydrogens (primary N) is 1. The molecule has 1 amide bonds. The molecule has 0 saturated carbocycles. The fourth-order valence-corrected chi connectivity index (χ4v) is 5.04. The molecule has 4 N–H and O–H groups in total. The predicted octanol–water partition coefficient (Wildman–Crippen LogP) is 1.29. The zero-order valence-electron chi connectivity index (χ0n) is 15.3. The van der Waals surface area contributed by atoms with Crippen LogP contribution in [0.3, 0.4) is 0 Å². The number of ketones is 1. The Kier molecular flexibility index (Phi) is 7.55. The number of hydrogen-bond acceptors (Lipinski definition) is 4. The van der Waals surface area contributed by atoms with E-state index in [0.29, 0.717) is 30.3 Å². The average Bonchev–Trinajstić information content (AvgIpc) is 3.07. The summed E-state index contributed by atoms with van der Waals surface area (Å²) in [6.07, 6.45) is 0.932. The van der Waals surface area contributed by atoms with Crippen molar-refractivity contribution in [3.63, 3.8) is 0 Å². The lowest BCUT2D eigenvalue weighted by molar-refractivity contribution is -0.123. The fraction of sp³-hybridized carbons (Fsp3) is 0.300. The van der Waals surface area contributed by atoms with E-state index in [1.807, 2.05) is 0 Å². The number of hydrogen-bond donors (Lipinski definition) is 3. The minimum atomic E-state index is -3.82. The highest BCUT2D eigenvalue weighted by Crippen LogP contribution is 2.39. The summed E-state index contributed by atoms with van der Waals surface area (Å²) >= 11 is 0. The van der Waals surface area contributed by atoms with E-state index < -0.39 is 13.4 Å². The van der Waals surface area contributed by atoms with Gasteiger partial charge in [0.25, 0.3) is 7.37 Å². The summed E-state index contributed by atoms with van der Waals surface area (Å²) in [6.45, 7) is 0.609. The highest BCUT2D eigenvalue weighted by molar-refractivity contribution is 7.73. The first kappa shape index (κ1) is 22.3. The summed E-state index contributed by atoms with van der Waals surface area (Å²) in [4.78, 5) is 35.0. The van der Waals surface area contributed by atoms with Gasteiger partial charge in [-0.2, -0.15) is 0 Å². The molecule has 28 heavy (non-hydrogen) atoms. The molecule has 0 aromatic heterocycles. The lowest BCUT2D eigenvalue weighted by atomic mass is 9.94. The quantitative estimate of drug-likeness (QED) is 0.582. The van der Waals surface area contributed by atoms with Gasteiger partial charge in [0.15, 0.2) is 5.78 Å². The number of Topliss-reactive ketones (excluding diaryl/α,β-unsaturated/α-hetero) is 1. The molecule has 0 bridgehead atoms. The Morgan fingerprint density at radius 1 is 1.18 bits per heavy atom. The van der Waals surface area contributed by atoms with Gasteiger partial charge in [-0.25, -0.2) is 0 Å². The van der Waals surface area contributed by atoms with Crippen LogP contribution in [0.4, 0.5) is 0 Å². The molecule has 6 nitrogen and oxygen atoms in total. The summed E-state index contributed by atoms with van der Waals surface area (Å²) in [6, 6.07) is 14.3. The van der Waals surface area contributed by atoms with E-state index in [2.05, 4.69) is 5.32 Å². The minimum Gasteiger partial charge on any atom is -0.356 e. The Labute approximate surface area is 170 Å². The summed E-state index contributed by atoms with van der Waals surface area (Å²) in [7, 11) is -3.82. The molecule has 0 spiro atoms. The van der Waals surface area contributed by atoms with Crippen molar-refractivity contribution in [3.05, 3.63) is 60.2 Å². The molecule has 1 aliphatic heterocycles. The number of nitrogens with one attached hydrogen (secondary N) is 1. The average molecular weight is 423 g/mol. The van der Waals surface area contributed by atoms with Crippen molar-refractivity contribution in [1.82, 2.24) is 5.32 Å². The van der Waals surface area contributed by atoms with E-state index in [1.165, 1.54) is 0 Å². The second-order valence-corrected chi connectivity index (χ2v) is 8.95. The molecule has 2 aromatic rings. The molecule has 2 aromatic carbocycles. The van der Waals surface area contributed by atoms with Gasteiger partial charge in [-0.1, -0.05) is 36.4 Å². The van der Waals surface area contributed by atoms with Gasteiger partial charge in [0, 0.05) is 29.5 Å². The van der Waals surface area contributed by atoms with Crippen LogP contribution in [0, 0.1) is 5.92 Å². The lowest BCUT2D eigenvalue weighted by Crippen LogP contribution is -2.36. The lowest BCUT2D eigenvalue weighted by Gasteiger charge is -2.18. The SMILES string of the molecule is Cl.N[C@@H](C[C@@H]1CCNC1=O)C(=O)Cc1ccccc1P(=O)(O)c1ccccc1. The Bertz CT molecular complexity index is 891. The smallest absolute Gasteiger partial charge is 0.259 e. The van der Waals surface area contributed by atoms with E-state index in [-0.39, 0.29) is 41.7 Å². The number of rotatable bonds is 7. The molecule has 1 unspecified atom stereocenters. The van der Waals surface area contributed by atoms with Crippen molar-refractivity contribution in [2.75, 3.05) is 6.54 Å². The van der Waals surface area contributed by atoms with Crippen LogP contribution in [0.2, 0.25) is 0 Å². The summed E-state index contributed by atoms with van der Waals surface area (Å²) in [5.74, 6) is -0.551. The second-order valence-electron chi connectivity index (χ2n) is 6.80. The van der Waals surface area contributed by atoms with Gasteiger partial charge in [-0.15, -0.1) is 12.4 Å². The minimum absolute atomic E-state index is 0. The number of benzene rings is 2. The highest BCUT2D eigenvalue weighted by Gasteiger charge is 2.30. The Morgan fingerprint density at radius 3 is 2.46 bits per heavy atom. The maximum absolute atomic E-state index is 13.1. The third-order valence-corrected chi connectivity index (χ3v) is 6.99. The van der Waals surface area contributed by atoms with Crippen LogP contribution < -0.4 is 21.7 Å². The van der Waals surface area contributed by atoms with Crippen molar-refractivity contribution in [2.24, 2.45) is 11.7 Å². The summed E-state index contributed by atoms with van der Waals surface area (Å²) in [5, 5.41) is 3.30. The van der Waals surface area contributed by atoms with Crippen molar-refractivity contribution in [1.29, 1.82) is 0 Å². The van der Waals surface area contributed by atoms with Crippen molar-refractivity contribution < 1.29 is 19.0 Å². The van der Waals surface area contributed by atoms with Crippen LogP contribution in [-0.2, 0) is 20.6 Å². The molecule has 1 heterocycles. The topological polar surface area (TPSA) is 109 Å². The molecule has 0 aliphatic carbocycles. The van der Waals surface area contributed by atoms with Crippen molar-refractivity contribution >= 4 is 42.1 Å². The first-order chi connectivity index (χ1) is 12.9. The van der Waals surface area contributed by atoms with E-state index in [0.717, 1.165) is 0 Å². The molecule has 1 saturated heterocycles. The molecule has 8 heteroatoms. The van der Waals surface area contributed by atoms with Gasteiger partial charge < -0.3 is 15.9 Å². The van der Waals surface area contributed by atoms with Crippen LogP contribution in [0.5, 0.6) is 0 Å². The number of carbonyl (C=O) groups excluding carboxylic acids is 2. The highest BCUT2D eigenvalue weighted by atomic mass is 35.5. The van der Waals surface area contributed by atoms with Crippen LogP contribution in [0.15, 0.2) is 54.6 Å². The molecular weight excluding hydrogens is 399 g/mol. The number of carbonyl (C=O) groups is 2. The Morgan fingerprint density at radius 2 is 1.82 bits per heavy atom. The van der Waals surface area contributed by atoms with Gasteiger partial charge in [-0.05, 0) is 36.6 Å². The summed E-state index contributed by atoms with van der Waals surface area (Å²) in [5.41, 5.74) is 6.51. The van der Waals surface area contributed by atoms with E-state index >= 15 is 0 Å². The summed E-state index contributed by atoms with van der Waals surface area (Å²) < 4.78 is 13.1. The normalized spacial score (nSPS) is 19.2. The van der Waals surface area contributed by atoms with Crippen molar-refractivity contribution in [3.8, 4) is 0 Å². The Hall–Kier alpha value is -1.98. The molecule has 0 radical (unpaired) electrons. The molecule has 3 atom stereocenters. The van der Waals surface area contributed by atoms with Crippen LogP contribution >= 0.6 is 19.8 Å². The van der Waals surface area contributed by atoms with Crippen molar-refractivity contribution in [2.45, 2.75) is 25.3 Å². The zero-order valence-corrected chi connectivity index (χ0v) is 17.0. The largest absolute Gasteiger partial charge is 0.356 e. The van der Waals surface area contributed by atoms with Gasteiger partial charge in [0.1, 0.15) is 0 Å². The van der Waals surface area contributed by atoms with Crippen LogP contribution in [-0.4, -0.2) is 29.2 Å². The first-order valence-electron chi connectivity index (χ1n) is 8.92. The number of amides is 1. The Balaban J connectivity index is 0.00000280. The standard InChI is InChI=1S/C20H23N2O4P.ClH/c21-17(12-15-10-11-22-20(15)24)18(23)13-14-6-4-5-9-19(14)27(25,26)16-7-2-1-3-8-16;/h1-9,15,17H,10-13,21H2,(H,22,24)(H,25,26);1H/t15-,17-;/m0./s1. The van der Waals surface area contributed by atoms with Gasteiger partial charge in [0.2, 0.25) is 5.91 Å². The van der Waals surface area contributed by atoms with E-state index in [1.54, 1.807) is 54.6 Å². The van der Waals surface area contributed by atoms with Crippen LogP contribution in [0.25, 0.3) is 0 Å². The van der Waals surface area contributed by atoms with Gasteiger partial charge >= 0.3 is 0 Å². The number of halogens is 1. The fourth-order valence-electron chi connectivity index (χ4n) is 3.35. The van der Waals surface area contributed by atoms with Crippen LogP contribution in [0.1, 0.15) is 18.4 Å². The molecule has 150 valence electrons. The van der Waals surface area contributed by atoms with E-state index in [4.69, 9.17) is 5.73 Å². The monoisotopic (exact) mass is 422 g/mol. The third kappa shape index (κ3) is 4.89. The van der Waals surface area contributed by atoms with Gasteiger partial charge in [-0.3, -0.25) is 14.2 Å².